The van der Waals surface area contributed by atoms with E-state index in [2.05, 4.69) is 11.1 Å². The predicted molar refractivity (Wildman–Crippen MR) is 77.6 cm³/mol. The fourth-order valence-corrected chi connectivity index (χ4v) is 1.97. The Labute approximate surface area is 118 Å². The molecule has 0 bridgehead atoms. The van der Waals surface area contributed by atoms with Gasteiger partial charge in [0.05, 0.1) is 22.9 Å². The molecule has 1 aromatic carbocycles. The van der Waals surface area contributed by atoms with Crippen LogP contribution in [0.3, 0.4) is 0 Å². The molecule has 20 heavy (non-hydrogen) atoms. The van der Waals surface area contributed by atoms with Crippen molar-refractivity contribution in [3.05, 3.63) is 58.9 Å². The third-order valence-corrected chi connectivity index (χ3v) is 3.14. The molecule has 0 N–H and O–H groups in total. The van der Waals surface area contributed by atoms with E-state index >= 15 is 0 Å². The van der Waals surface area contributed by atoms with Crippen molar-refractivity contribution in [3.8, 4) is 6.07 Å². The van der Waals surface area contributed by atoms with Gasteiger partial charge in [-0.15, -0.1) is 0 Å². The summed E-state index contributed by atoms with van der Waals surface area (Å²) in [5, 5.41) is 8.78. The Kier molecular flexibility index (Phi) is 3.81. The summed E-state index contributed by atoms with van der Waals surface area (Å²) in [6, 6.07) is 12.6. The number of hydrogen-bond acceptors (Lipinski definition) is 3. The second kappa shape index (κ2) is 5.54. The molecular formula is C16H15N3O. The van der Waals surface area contributed by atoms with E-state index in [9.17, 15) is 4.79 Å². The van der Waals surface area contributed by atoms with Gasteiger partial charge in [-0.25, -0.2) is 0 Å². The Morgan fingerprint density at radius 1 is 1.15 bits per heavy atom. The highest BCUT2D eigenvalue weighted by Gasteiger charge is 2.16. The summed E-state index contributed by atoms with van der Waals surface area (Å²) >= 11 is 0. The first-order chi connectivity index (χ1) is 9.52. The maximum Gasteiger partial charge on any atom is 0.259 e. The lowest BCUT2D eigenvalue weighted by molar-refractivity contribution is 0.0992. The number of pyridine rings is 1. The predicted octanol–water partition coefficient (Wildman–Crippen LogP) is 2.85. The Morgan fingerprint density at radius 3 is 2.35 bits per heavy atom. The van der Waals surface area contributed by atoms with Crippen LogP contribution >= 0.6 is 0 Å². The fourth-order valence-electron chi connectivity index (χ4n) is 1.97. The topological polar surface area (TPSA) is 57.0 Å². The lowest BCUT2D eigenvalue weighted by Gasteiger charge is -2.18. The first kappa shape index (κ1) is 13.8. The highest BCUT2D eigenvalue weighted by molar-refractivity contribution is 6.06. The SMILES string of the molecule is Cc1ccc(C(=O)N(C)c2ccc(C#N)cc2)c(C)n1. The van der Waals surface area contributed by atoms with E-state index in [-0.39, 0.29) is 5.91 Å². The van der Waals surface area contributed by atoms with Crippen molar-refractivity contribution in [2.45, 2.75) is 13.8 Å². The van der Waals surface area contributed by atoms with Gasteiger partial charge in [-0.3, -0.25) is 9.78 Å². The summed E-state index contributed by atoms with van der Waals surface area (Å²) in [5.74, 6) is -0.111. The molecule has 2 rings (SSSR count). The van der Waals surface area contributed by atoms with Gasteiger partial charge in [-0.2, -0.15) is 5.26 Å². The Morgan fingerprint density at radius 2 is 1.80 bits per heavy atom. The third-order valence-electron chi connectivity index (χ3n) is 3.14. The lowest BCUT2D eigenvalue weighted by atomic mass is 10.1. The standard InChI is InChI=1S/C16H15N3O/c1-11-4-9-15(12(2)18-11)16(20)19(3)14-7-5-13(10-17)6-8-14/h4-9H,1-3H3. The molecule has 1 aromatic heterocycles. The van der Waals surface area contributed by atoms with Crippen LogP contribution in [0.25, 0.3) is 0 Å². The van der Waals surface area contributed by atoms with Crippen LogP contribution in [0.2, 0.25) is 0 Å². The third kappa shape index (κ3) is 2.67. The van der Waals surface area contributed by atoms with Crippen LogP contribution in [-0.4, -0.2) is 17.9 Å². The van der Waals surface area contributed by atoms with Crippen LogP contribution in [0, 0.1) is 25.2 Å². The average Bonchev–Trinajstić information content (AvgIpc) is 2.46. The van der Waals surface area contributed by atoms with Gasteiger partial charge in [-0.1, -0.05) is 0 Å². The minimum absolute atomic E-state index is 0.111. The number of anilines is 1. The summed E-state index contributed by atoms with van der Waals surface area (Å²) in [4.78, 5) is 18.3. The Bertz CT molecular complexity index is 684. The maximum absolute atomic E-state index is 12.5. The van der Waals surface area contributed by atoms with Crippen molar-refractivity contribution >= 4 is 11.6 Å². The molecule has 0 radical (unpaired) electrons. The van der Waals surface area contributed by atoms with E-state index in [0.717, 1.165) is 17.1 Å². The van der Waals surface area contributed by atoms with E-state index < -0.39 is 0 Å². The summed E-state index contributed by atoms with van der Waals surface area (Å²) < 4.78 is 0. The molecule has 0 atom stereocenters. The number of nitrogens with zero attached hydrogens (tertiary/aromatic N) is 3. The molecule has 0 aliphatic rings. The number of hydrogen-bond donors (Lipinski definition) is 0. The largest absolute Gasteiger partial charge is 0.311 e. The molecule has 4 nitrogen and oxygen atoms in total. The van der Waals surface area contributed by atoms with Crippen molar-refractivity contribution in [2.24, 2.45) is 0 Å². The maximum atomic E-state index is 12.5. The highest BCUT2D eigenvalue weighted by atomic mass is 16.2. The molecule has 0 unspecified atom stereocenters. The number of carbonyl (C=O) groups excluding carboxylic acids is 1. The first-order valence-corrected chi connectivity index (χ1v) is 6.25. The normalized spacial score (nSPS) is 9.90. The van der Waals surface area contributed by atoms with Crippen molar-refractivity contribution < 1.29 is 4.79 Å². The minimum Gasteiger partial charge on any atom is -0.311 e. The molecule has 0 saturated heterocycles. The van der Waals surface area contributed by atoms with Gasteiger partial charge in [-0.05, 0) is 50.2 Å². The van der Waals surface area contributed by atoms with Gasteiger partial charge in [0, 0.05) is 18.4 Å². The van der Waals surface area contributed by atoms with Gasteiger partial charge in [0.15, 0.2) is 0 Å². The quantitative estimate of drug-likeness (QED) is 0.839. The molecule has 4 heteroatoms. The Balaban J connectivity index is 2.30. The van der Waals surface area contributed by atoms with Gasteiger partial charge in [0.2, 0.25) is 0 Å². The van der Waals surface area contributed by atoms with Crippen LogP contribution in [0.4, 0.5) is 5.69 Å². The zero-order valence-corrected chi connectivity index (χ0v) is 11.7. The van der Waals surface area contributed by atoms with Crippen LogP contribution < -0.4 is 4.90 Å². The summed E-state index contributed by atoms with van der Waals surface area (Å²) in [6.45, 7) is 3.72. The van der Waals surface area contributed by atoms with Crippen LogP contribution in [0.15, 0.2) is 36.4 Å². The lowest BCUT2D eigenvalue weighted by Crippen LogP contribution is -2.27. The minimum atomic E-state index is -0.111. The molecule has 1 amide bonds. The van der Waals surface area contributed by atoms with Crippen LogP contribution in [0.1, 0.15) is 27.3 Å². The van der Waals surface area contributed by atoms with Gasteiger partial charge < -0.3 is 4.90 Å². The summed E-state index contributed by atoms with van der Waals surface area (Å²) in [6.07, 6.45) is 0. The number of amides is 1. The molecule has 0 aliphatic carbocycles. The fraction of sp³-hybridized carbons (Fsp3) is 0.188. The van der Waals surface area contributed by atoms with Gasteiger partial charge in [0.25, 0.3) is 5.91 Å². The molecule has 0 spiro atoms. The van der Waals surface area contributed by atoms with Crippen molar-refractivity contribution in [1.82, 2.24) is 4.98 Å². The molecular weight excluding hydrogens is 250 g/mol. The number of rotatable bonds is 2. The number of aryl methyl sites for hydroxylation is 2. The van der Waals surface area contributed by atoms with Crippen molar-refractivity contribution in [2.75, 3.05) is 11.9 Å². The number of aromatic nitrogens is 1. The zero-order chi connectivity index (χ0) is 14.7. The average molecular weight is 265 g/mol. The van der Waals surface area contributed by atoms with Crippen LogP contribution in [-0.2, 0) is 0 Å². The van der Waals surface area contributed by atoms with E-state index in [1.807, 2.05) is 19.9 Å². The number of nitriles is 1. The molecule has 0 fully saturated rings. The summed E-state index contributed by atoms with van der Waals surface area (Å²) in [7, 11) is 1.71. The molecule has 2 aromatic rings. The van der Waals surface area contributed by atoms with Crippen LogP contribution in [0.5, 0.6) is 0 Å². The van der Waals surface area contributed by atoms with Crippen molar-refractivity contribution in [1.29, 1.82) is 5.26 Å². The molecule has 1 heterocycles. The number of benzene rings is 1. The van der Waals surface area contributed by atoms with E-state index in [1.54, 1.807) is 42.3 Å². The number of carbonyl (C=O) groups is 1. The van der Waals surface area contributed by atoms with Gasteiger partial charge in [0.1, 0.15) is 0 Å². The second-order valence-corrected chi connectivity index (χ2v) is 4.61. The van der Waals surface area contributed by atoms with Crippen molar-refractivity contribution in [3.63, 3.8) is 0 Å². The second-order valence-electron chi connectivity index (χ2n) is 4.61. The highest BCUT2D eigenvalue weighted by Crippen LogP contribution is 2.17. The van der Waals surface area contributed by atoms with E-state index in [1.165, 1.54) is 0 Å². The first-order valence-electron chi connectivity index (χ1n) is 6.25. The van der Waals surface area contributed by atoms with E-state index in [4.69, 9.17) is 5.26 Å². The molecule has 0 saturated carbocycles. The zero-order valence-electron chi connectivity index (χ0n) is 11.7. The van der Waals surface area contributed by atoms with Gasteiger partial charge >= 0.3 is 0 Å². The monoisotopic (exact) mass is 265 g/mol. The smallest absolute Gasteiger partial charge is 0.259 e. The molecule has 0 aliphatic heterocycles. The summed E-state index contributed by atoms with van der Waals surface area (Å²) in [5.41, 5.74) is 3.51. The molecule has 100 valence electrons. The van der Waals surface area contributed by atoms with E-state index in [0.29, 0.717) is 11.1 Å². The Hall–Kier alpha value is -2.67.